The van der Waals surface area contributed by atoms with Crippen LogP contribution in [0, 0.1) is 0 Å². The largest absolute Gasteiger partial charge is 0.497 e. The van der Waals surface area contributed by atoms with Crippen LogP contribution in [0.25, 0.3) is 11.4 Å². The molecule has 0 bridgehead atoms. The van der Waals surface area contributed by atoms with E-state index in [1.165, 1.54) is 6.42 Å². The summed E-state index contributed by atoms with van der Waals surface area (Å²) in [5.74, 6) is 2.88. The lowest BCUT2D eigenvalue weighted by Crippen LogP contribution is -2.34. The van der Waals surface area contributed by atoms with Crippen molar-refractivity contribution in [2.75, 3.05) is 20.2 Å². The van der Waals surface area contributed by atoms with Crippen LogP contribution in [0.15, 0.2) is 24.3 Å². The lowest BCUT2D eigenvalue weighted by Gasteiger charge is -2.27. The predicted molar refractivity (Wildman–Crippen MR) is 77.6 cm³/mol. The average Bonchev–Trinajstić information content (AvgIpc) is 2.91. The number of ether oxygens (including phenoxy) is 1. The second kappa shape index (κ2) is 5.63. The number of methoxy groups -OCH3 is 1. The van der Waals surface area contributed by atoms with Crippen molar-refractivity contribution < 1.29 is 4.74 Å². The second-order valence-corrected chi connectivity index (χ2v) is 5.10. The fraction of sp³-hybridized carbons (Fsp3) is 0.467. The molecule has 1 aliphatic rings. The van der Waals surface area contributed by atoms with E-state index in [0.29, 0.717) is 0 Å². The summed E-state index contributed by atoms with van der Waals surface area (Å²) in [5.41, 5.74) is 1.09. The maximum atomic E-state index is 5.19. The molecular formula is C15H20N4O. The van der Waals surface area contributed by atoms with E-state index in [-0.39, 0.29) is 0 Å². The van der Waals surface area contributed by atoms with Crippen LogP contribution in [0.5, 0.6) is 5.75 Å². The van der Waals surface area contributed by atoms with E-state index in [4.69, 9.17) is 4.74 Å². The first-order valence-corrected chi connectivity index (χ1v) is 7.10. The lowest BCUT2D eigenvalue weighted by atomic mass is 10.2. The Morgan fingerprint density at radius 2 is 1.95 bits per heavy atom. The molecule has 0 unspecified atom stereocenters. The third-order valence-electron chi connectivity index (χ3n) is 3.72. The molecule has 2 aromatic rings. The van der Waals surface area contributed by atoms with Crippen LogP contribution in [-0.2, 0) is 13.1 Å². The van der Waals surface area contributed by atoms with E-state index >= 15 is 0 Å². The van der Waals surface area contributed by atoms with E-state index in [1.807, 2.05) is 24.3 Å². The van der Waals surface area contributed by atoms with Crippen LogP contribution in [0.1, 0.15) is 19.2 Å². The van der Waals surface area contributed by atoms with Gasteiger partial charge in [0.05, 0.1) is 13.7 Å². The van der Waals surface area contributed by atoms with Crippen LogP contribution in [0.2, 0.25) is 0 Å². The Morgan fingerprint density at radius 3 is 2.65 bits per heavy atom. The second-order valence-electron chi connectivity index (χ2n) is 5.10. The smallest absolute Gasteiger partial charge is 0.164 e. The zero-order chi connectivity index (χ0) is 13.9. The molecule has 106 valence electrons. The molecule has 20 heavy (non-hydrogen) atoms. The summed E-state index contributed by atoms with van der Waals surface area (Å²) in [6.07, 6.45) is 1.18. The van der Waals surface area contributed by atoms with E-state index in [0.717, 1.165) is 49.1 Å². The Kier molecular flexibility index (Phi) is 3.69. The van der Waals surface area contributed by atoms with Crippen molar-refractivity contribution in [3.63, 3.8) is 0 Å². The molecule has 2 heterocycles. The third kappa shape index (κ3) is 2.41. The lowest BCUT2D eigenvalue weighted by molar-refractivity contribution is 0.218. The highest BCUT2D eigenvalue weighted by molar-refractivity contribution is 5.56. The highest BCUT2D eigenvalue weighted by Crippen LogP contribution is 2.23. The highest BCUT2D eigenvalue weighted by Gasteiger charge is 2.21. The van der Waals surface area contributed by atoms with Gasteiger partial charge in [-0.2, -0.15) is 0 Å². The molecule has 5 heteroatoms. The fourth-order valence-corrected chi connectivity index (χ4v) is 2.67. The van der Waals surface area contributed by atoms with Crippen molar-refractivity contribution in [2.24, 2.45) is 0 Å². The number of benzene rings is 1. The van der Waals surface area contributed by atoms with Crippen molar-refractivity contribution in [3.8, 4) is 17.1 Å². The van der Waals surface area contributed by atoms with Gasteiger partial charge in [-0.05, 0) is 37.2 Å². The molecule has 0 N–H and O–H groups in total. The number of fused-ring (bicyclic) bond motifs is 1. The van der Waals surface area contributed by atoms with Gasteiger partial charge in [-0.3, -0.25) is 4.90 Å². The van der Waals surface area contributed by atoms with Crippen LogP contribution in [0.3, 0.4) is 0 Å². The number of rotatable bonds is 4. The van der Waals surface area contributed by atoms with Crippen LogP contribution >= 0.6 is 0 Å². The monoisotopic (exact) mass is 272 g/mol. The van der Waals surface area contributed by atoms with Crippen LogP contribution in [0.4, 0.5) is 0 Å². The molecule has 5 nitrogen and oxygen atoms in total. The van der Waals surface area contributed by atoms with E-state index in [2.05, 4.69) is 26.6 Å². The zero-order valence-electron chi connectivity index (χ0n) is 12.0. The Balaban J connectivity index is 1.85. The number of hydrogen-bond donors (Lipinski definition) is 0. The van der Waals surface area contributed by atoms with Gasteiger partial charge in [-0.25, -0.2) is 0 Å². The van der Waals surface area contributed by atoms with Gasteiger partial charge in [0.25, 0.3) is 0 Å². The standard InChI is InChI=1S/C15H20N4O/c1-3-8-18-9-10-19-14(11-18)16-17-15(19)12-4-6-13(20-2)7-5-12/h4-7H,3,8-11H2,1-2H3. The Bertz CT molecular complexity index is 576. The normalized spacial score (nSPS) is 15.1. The van der Waals surface area contributed by atoms with Crippen molar-refractivity contribution in [2.45, 2.75) is 26.4 Å². The van der Waals surface area contributed by atoms with Gasteiger partial charge in [0.15, 0.2) is 5.82 Å². The van der Waals surface area contributed by atoms with Crippen LogP contribution in [-0.4, -0.2) is 39.9 Å². The Morgan fingerprint density at radius 1 is 1.15 bits per heavy atom. The molecule has 0 amide bonds. The quantitative estimate of drug-likeness (QED) is 0.855. The van der Waals surface area contributed by atoms with E-state index in [9.17, 15) is 0 Å². The maximum Gasteiger partial charge on any atom is 0.164 e. The first kappa shape index (κ1) is 13.1. The molecule has 0 atom stereocenters. The molecule has 0 aliphatic carbocycles. The summed E-state index contributed by atoms with van der Waals surface area (Å²) in [5, 5.41) is 8.71. The minimum Gasteiger partial charge on any atom is -0.497 e. The minimum atomic E-state index is 0.862. The number of nitrogens with zero attached hydrogens (tertiary/aromatic N) is 4. The van der Waals surface area contributed by atoms with Gasteiger partial charge >= 0.3 is 0 Å². The van der Waals surface area contributed by atoms with Gasteiger partial charge in [0.2, 0.25) is 0 Å². The van der Waals surface area contributed by atoms with Crippen molar-refractivity contribution in [1.29, 1.82) is 0 Å². The van der Waals surface area contributed by atoms with Gasteiger partial charge in [-0.1, -0.05) is 6.92 Å². The number of hydrogen-bond acceptors (Lipinski definition) is 4. The molecule has 1 aromatic carbocycles. The Hall–Kier alpha value is -1.88. The molecule has 0 saturated heterocycles. The average molecular weight is 272 g/mol. The predicted octanol–water partition coefficient (Wildman–Crippen LogP) is 2.18. The van der Waals surface area contributed by atoms with Gasteiger partial charge in [0.1, 0.15) is 11.6 Å². The van der Waals surface area contributed by atoms with Crippen molar-refractivity contribution >= 4 is 0 Å². The molecule has 1 aromatic heterocycles. The van der Waals surface area contributed by atoms with E-state index in [1.54, 1.807) is 7.11 Å². The van der Waals surface area contributed by atoms with Gasteiger partial charge in [0, 0.05) is 18.7 Å². The molecular weight excluding hydrogens is 252 g/mol. The van der Waals surface area contributed by atoms with Gasteiger partial charge < -0.3 is 9.30 Å². The first-order valence-electron chi connectivity index (χ1n) is 7.10. The Labute approximate surface area is 119 Å². The summed E-state index contributed by atoms with van der Waals surface area (Å²) in [4.78, 5) is 2.43. The molecule has 0 fully saturated rings. The van der Waals surface area contributed by atoms with Crippen molar-refractivity contribution in [3.05, 3.63) is 30.1 Å². The third-order valence-corrected chi connectivity index (χ3v) is 3.72. The molecule has 1 aliphatic heterocycles. The van der Waals surface area contributed by atoms with Crippen LogP contribution < -0.4 is 4.74 Å². The van der Waals surface area contributed by atoms with Crippen molar-refractivity contribution in [1.82, 2.24) is 19.7 Å². The summed E-state index contributed by atoms with van der Waals surface area (Å²) in [6, 6.07) is 8.00. The summed E-state index contributed by atoms with van der Waals surface area (Å²) in [6.45, 7) is 6.27. The summed E-state index contributed by atoms with van der Waals surface area (Å²) >= 11 is 0. The fourth-order valence-electron chi connectivity index (χ4n) is 2.67. The highest BCUT2D eigenvalue weighted by atomic mass is 16.5. The molecule has 0 spiro atoms. The summed E-state index contributed by atoms with van der Waals surface area (Å²) in [7, 11) is 1.68. The topological polar surface area (TPSA) is 43.2 Å². The van der Waals surface area contributed by atoms with E-state index < -0.39 is 0 Å². The maximum absolute atomic E-state index is 5.19. The SMILES string of the molecule is CCCN1CCn2c(nnc2-c2ccc(OC)cc2)C1. The summed E-state index contributed by atoms with van der Waals surface area (Å²) < 4.78 is 7.42. The minimum absolute atomic E-state index is 0.862. The van der Waals surface area contributed by atoms with Gasteiger partial charge in [-0.15, -0.1) is 10.2 Å². The molecule has 3 rings (SSSR count). The number of aromatic nitrogens is 3. The first-order chi connectivity index (χ1) is 9.81. The molecule has 0 saturated carbocycles. The zero-order valence-corrected chi connectivity index (χ0v) is 12.0. The molecule has 0 radical (unpaired) electrons.